The van der Waals surface area contributed by atoms with Crippen molar-refractivity contribution in [2.24, 2.45) is 0 Å². The van der Waals surface area contributed by atoms with Gasteiger partial charge >= 0.3 is 0 Å². The number of hydrogen-bond donors (Lipinski definition) is 2. The van der Waals surface area contributed by atoms with Crippen LogP contribution < -0.4 is 10.6 Å². The molecule has 0 unspecified atom stereocenters. The fourth-order valence-corrected chi connectivity index (χ4v) is 4.80. The molecule has 3 aromatic rings. The van der Waals surface area contributed by atoms with Gasteiger partial charge in [-0.2, -0.15) is 0 Å². The van der Waals surface area contributed by atoms with Crippen LogP contribution in [0.15, 0.2) is 60.3 Å². The highest BCUT2D eigenvalue weighted by atomic mass is 127. The first-order valence-electron chi connectivity index (χ1n) is 10.6. The van der Waals surface area contributed by atoms with Crippen LogP contribution >= 0.6 is 34.4 Å². The summed E-state index contributed by atoms with van der Waals surface area (Å²) in [6, 6.07) is 13.1. The van der Waals surface area contributed by atoms with Crippen LogP contribution in [0.25, 0.3) is 0 Å². The number of carbonyl (C=O) groups excluding carboxylic acids is 3. The number of aromatic nitrogens is 3. The third-order valence-electron chi connectivity index (χ3n) is 5.24. The van der Waals surface area contributed by atoms with Gasteiger partial charge in [0.15, 0.2) is 5.16 Å². The Balaban J connectivity index is 1.31. The van der Waals surface area contributed by atoms with Crippen molar-refractivity contribution in [1.29, 1.82) is 0 Å². The largest absolute Gasteiger partial charge is 0.326 e. The molecular formula is C24H22IN5O3S. The molecule has 3 amide bonds. The fourth-order valence-electron chi connectivity index (χ4n) is 3.53. The number of nitrogens with one attached hydrogen (secondary N) is 2. The van der Waals surface area contributed by atoms with Crippen molar-refractivity contribution in [3.63, 3.8) is 0 Å². The van der Waals surface area contributed by atoms with Crippen LogP contribution in [0.3, 0.4) is 0 Å². The second kappa shape index (κ2) is 11.0. The SMILES string of the molecule is C=CCn1c(CCc2ccc(I)cc2)nnc1SCCC(=O)Nc1ccc2c(c1)C(=O)NC2=O. The van der Waals surface area contributed by atoms with E-state index in [1.54, 1.807) is 6.07 Å². The third-order valence-corrected chi connectivity index (χ3v) is 6.92. The molecule has 1 aliphatic rings. The molecule has 4 rings (SSSR count). The molecular weight excluding hydrogens is 565 g/mol. The molecule has 2 N–H and O–H groups in total. The molecule has 0 radical (unpaired) electrons. The molecule has 2 aromatic carbocycles. The lowest BCUT2D eigenvalue weighted by Crippen LogP contribution is -2.19. The molecule has 2 heterocycles. The Bertz CT molecular complexity index is 1260. The van der Waals surface area contributed by atoms with Crippen LogP contribution in [0.1, 0.15) is 38.5 Å². The van der Waals surface area contributed by atoms with Gasteiger partial charge in [0.05, 0.1) is 11.1 Å². The van der Waals surface area contributed by atoms with Gasteiger partial charge in [0.25, 0.3) is 11.8 Å². The molecule has 0 bridgehead atoms. The van der Waals surface area contributed by atoms with Gasteiger partial charge in [-0.05, 0) is 64.9 Å². The molecule has 1 aliphatic heterocycles. The number of rotatable bonds is 10. The number of hydrogen-bond acceptors (Lipinski definition) is 6. The number of imide groups is 1. The van der Waals surface area contributed by atoms with Crippen LogP contribution in [0.2, 0.25) is 0 Å². The van der Waals surface area contributed by atoms with Crippen molar-refractivity contribution in [2.75, 3.05) is 11.1 Å². The molecule has 0 aliphatic carbocycles. The number of thioether (sulfide) groups is 1. The van der Waals surface area contributed by atoms with Crippen molar-refractivity contribution in [2.45, 2.75) is 31.0 Å². The summed E-state index contributed by atoms with van der Waals surface area (Å²) in [6.45, 7) is 4.43. The lowest BCUT2D eigenvalue weighted by Gasteiger charge is -2.08. The van der Waals surface area contributed by atoms with Gasteiger partial charge in [-0.3, -0.25) is 19.7 Å². The maximum atomic E-state index is 12.4. The van der Waals surface area contributed by atoms with Gasteiger partial charge in [0.1, 0.15) is 5.82 Å². The number of carbonyl (C=O) groups is 3. The quantitative estimate of drug-likeness (QED) is 0.162. The maximum Gasteiger partial charge on any atom is 0.259 e. The first kappa shape index (κ1) is 24.1. The van der Waals surface area contributed by atoms with E-state index in [4.69, 9.17) is 0 Å². The minimum Gasteiger partial charge on any atom is -0.326 e. The van der Waals surface area contributed by atoms with Gasteiger partial charge in [-0.15, -0.1) is 16.8 Å². The average Bonchev–Trinajstić information content (AvgIpc) is 3.33. The van der Waals surface area contributed by atoms with E-state index in [9.17, 15) is 14.4 Å². The van der Waals surface area contributed by atoms with Crippen molar-refractivity contribution in [1.82, 2.24) is 20.1 Å². The lowest BCUT2D eigenvalue weighted by molar-refractivity contribution is -0.115. The Morgan fingerprint density at radius 2 is 1.85 bits per heavy atom. The molecule has 8 nitrogen and oxygen atoms in total. The third kappa shape index (κ3) is 5.73. The first-order chi connectivity index (χ1) is 16.4. The number of fused-ring (bicyclic) bond motifs is 1. The molecule has 10 heteroatoms. The highest BCUT2D eigenvalue weighted by Crippen LogP contribution is 2.22. The topological polar surface area (TPSA) is 106 Å². The van der Waals surface area contributed by atoms with E-state index in [-0.39, 0.29) is 17.9 Å². The van der Waals surface area contributed by atoms with Gasteiger partial charge < -0.3 is 9.88 Å². The fraction of sp³-hybridized carbons (Fsp3) is 0.208. The van der Waals surface area contributed by atoms with Crippen LogP contribution in [0.5, 0.6) is 0 Å². The number of nitrogens with zero attached hydrogens (tertiary/aromatic N) is 3. The molecule has 0 spiro atoms. The summed E-state index contributed by atoms with van der Waals surface area (Å²) >= 11 is 3.75. The second-order valence-corrected chi connectivity index (χ2v) is 9.92. The van der Waals surface area contributed by atoms with Crippen LogP contribution in [-0.4, -0.2) is 38.2 Å². The molecule has 0 saturated carbocycles. The normalized spacial score (nSPS) is 12.4. The highest BCUT2D eigenvalue weighted by Gasteiger charge is 2.26. The van der Waals surface area contributed by atoms with Crippen molar-refractivity contribution in [3.8, 4) is 0 Å². The van der Waals surface area contributed by atoms with E-state index in [1.165, 1.54) is 33.0 Å². The van der Waals surface area contributed by atoms with E-state index in [0.29, 0.717) is 23.5 Å². The number of amides is 3. The van der Waals surface area contributed by atoms with Crippen LogP contribution in [-0.2, 0) is 24.2 Å². The summed E-state index contributed by atoms with van der Waals surface area (Å²) in [5.74, 6) is 0.339. The summed E-state index contributed by atoms with van der Waals surface area (Å²) in [4.78, 5) is 35.8. The van der Waals surface area contributed by atoms with Gasteiger partial charge in [0, 0.05) is 34.4 Å². The molecule has 1 aromatic heterocycles. The molecule has 0 fully saturated rings. The van der Waals surface area contributed by atoms with E-state index in [0.717, 1.165) is 23.8 Å². The molecule has 34 heavy (non-hydrogen) atoms. The summed E-state index contributed by atoms with van der Waals surface area (Å²) < 4.78 is 3.23. The van der Waals surface area contributed by atoms with Gasteiger partial charge in [-0.1, -0.05) is 30.0 Å². The lowest BCUT2D eigenvalue weighted by atomic mass is 10.1. The Morgan fingerprint density at radius 1 is 1.09 bits per heavy atom. The summed E-state index contributed by atoms with van der Waals surface area (Å²) in [7, 11) is 0. The van der Waals surface area contributed by atoms with E-state index < -0.39 is 11.8 Å². The van der Waals surface area contributed by atoms with E-state index >= 15 is 0 Å². The number of anilines is 1. The van der Waals surface area contributed by atoms with Crippen molar-refractivity contribution >= 4 is 57.8 Å². The molecule has 174 valence electrons. The highest BCUT2D eigenvalue weighted by molar-refractivity contribution is 14.1. The Morgan fingerprint density at radius 3 is 2.62 bits per heavy atom. The zero-order valence-corrected chi connectivity index (χ0v) is 21.2. The Hall–Kier alpha value is -2.99. The van der Waals surface area contributed by atoms with Crippen molar-refractivity contribution in [3.05, 3.63) is 81.2 Å². The first-order valence-corrected chi connectivity index (χ1v) is 12.7. The standard InChI is InChI=1S/C24H22IN5O3S/c1-2-12-30-20(10-5-15-3-6-16(25)7-4-15)28-29-24(30)34-13-11-21(31)26-17-8-9-18-19(14-17)23(33)27-22(18)32/h2-4,6-9,14H,1,5,10-13H2,(H,26,31)(H,27,32,33). The second-order valence-electron chi connectivity index (χ2n) is 7.61. The minimum atomic E-state index is -0.453. The Kier molecular flexibility index (Phi) is 7.78. The molecule has 0 atom stereocenters. The monoisotopic (exact) mass is 587 g/mol. The number of halogens is 1. The number of aryl methyl sites for hydroxylation is 2. The predicted octanol–water partition coefficient (Wildman–Crippen LogP) is 3.86. The number of benzene rings is 2. The van der Waals surface area contributed by atoms with Crippen LogP contribution in [0.4, 0.5) is 5.69 Å². The zero-order valence-electron chi connectivity index (χ0n) is 18.2. The summed E-state index contributed by atoms with van der Waals surface area (Å²) in [6.07, 6.45) is 3.69. The van der Waals surface area contributed by atoms with Gasteiger partial charge in [0.2, 0.25) is 5.91 Å². The van der Waals surface area contributed by atoms with E-state index in [2.05, 4.69) is 74.3 Å². The predicted molar refractivity (Wildman–Crippen MR) is 139 cm³/mol. The Labute approximate surface area is 214 Å². The van der Waals surface area contributed by atoms with Crippen LogP contribution in [0, 0.1) is 3.57 Å². The van der Waals surface area contributed by atoms with Crippen molar-refractivity contribution < 1.29 is 14.4 Å². The summed E-state index contributed by atoms with van der Waals surface area (Å²) in [5, 5.41) is 14.4. The summed E-state index contributed by atoms with van der Waals surface area (Å²) in [5.41, 5.74) is 2.31. The number of allylic oxidation sites excluding steroid dienone is 1. The van der Waals surface area contributed by atoms with Gasteiger partial charge in [-0.25, -0.2) is 0 Å². The average molecular weight is 587 g/mol. The zero-order chi connectivity index (χ0) is 24.1. The molecule has 0 saturated heterocycles. The van der Waals surface area contributed by atoms with E-state index in [1.807, 2.05) is 10.6 Å². The maximum absolute atomic E-state index is 12.4. The smallest absolute Gasteiger partial charge is 0.259 e. The minimum absolute atomic E-state index is 0.189.